The second kappa shape index (κ2) is 11.1. The van der Waals surface area contributed by atoms with E-state index in [9.17, 15) is 13.2 Å². The minimum atomic E-state index is -4.27. The van der Waals surface area contributed by atoms with Gasteiger partial charge in [0.15, 0.2) is 0 Å². The van der Waals surface area contributed by atoms with Crippen molar-refractivity contribution in [2.24, 2.45) is 7.05 Å². The predicted molar refractivity (Wildman–Crippen MR) is 117 cm³/mol. The molecule has 0 aliphatic rings. The van der Waals surface area contributed by atoms with Gasteiger partial charge in [0, 0.05) is 52.3 Å². The summed E-state index contributed by atoms with van der Waals surface area (Å²) < 4.78 is 44.3. The van der Waals surface area contributed by atoms with Gasteiger partial charge in [0.25, 0.3) is 0 Å². The fourth-order valence-electron chi connectivity index (χ4n) is 2.33. The molecule has 9 heteroatoms. The van der Waals surface area contributed by atoms with Gasteiger partial charge >= 0.3 is 113 Å². The van der Waals surface area contributed by atoms with Gasteiger partial charge in [-0.2, -0.15) is 1.33 Å². The molecule has 0 unspecified atom stereocenters. The normalized spacial score (nSPS) is 11.3. The van der Waals surface area contributed by atoms with Crippen molar-refractivity contribution < 1.29 is 32.5 Å². The zero-order valence-electron chi connectivity index (χ0n) is 14.8. The van der Waals surface area contributed by atoms with Crippen molar-refractivity contribution in [3.05, 3.63) is 87.5 Å². The van der Waals surface area contributed by atoms with Crippen LogP contribution >= 0.6 is 45.7 Å². The van der Waals surface area contributed by atoms with Crippen LogP contribution in [0.3, 0.4) is 0 Å². The third kappa shape index (κ3) is 7.76. The minimum absolute atomic E-state index is 0.567. The van der Waals surface area contributed by atoms with E-state index in [-0.39, 0.29) is 0 Å². The monoisotopic (exact) mass is 794 g/mol. The van der Waals surface area contributed by atoms with E-state index in [1.54, 1.807) is 0 Å². The first-order valence-electron chi connectivity index (χ1n) is 8.13. The number of benzene rings is 2. The van der Waals surface area contributed by atoms with Gasteiger partial charge in [-0.25, -0.2) is 0 Å². The molecule has 0 aliphatic carbocycles. The molecule has 0 N–H and O–H groups in total. The van der Waals surface area contributed by atoms with Crippen LogP contribution < -0.4 is 0 Å². The van der Waals surface area contributed by atoms with E-state index in [0.717, 1.165) is 28.0 Å². The summed E-state index contributed by atoms with van der Waals surface area (Å²) >= 11 is 6.71. The molecule has 154 valence electrons. The molecule has 2 aromatic carbocycles. The molecule has 3 rings (SSSR count). The Balaban J connectivity index is 0.000000237. The molecule has 0 saturated carbocycles. The molecule has 3 nitrogen and oxygen atoms in total. The van der Waals surface area contributed by atoms with Crippen LogP contribution in [-0.4, -0.2) is 10.5 Å². The van der Waals surface area contributed by atoms with Crippen molar-refractivity contribution >= 4 is 45.7 Å². The maximum Gasteiger partial charge on any atom is 0.0435 e. The van der Waals surface area contributed by atoms with E-state index in [4.69, 9.17) is 0 Å². The zero-order chi connectivity index (χ0) is 20.7. The van der Waals surface area contributed by atoms with Crippen molar-refractivity contribution in [2.45, 2.75) is 19.3 Å². The molecule has 0 aliphatic heterocycles. The average molecular weight is 794 g/mol. The van der Waals surface area contributed by atoms with E-state index in [2.05, 4.69) is 90.7 Å². The fourth-order valence-corrected chi connectivity index (χ4v) is 3.63. The summed E-state index contributed by atoms with van der Waals surface area (Å²) in [5.41, 5.74) is 1.59. The number of rotatable bonds is 4. The Kier molecular flexibility index (Phi) is 9.43. The Labute approximate surface area is 201 Å². The van der Waals surface area contributed by atoms with Gasteiger partial charge in [-0.15, -0.1) is 0 Å². The number of imidazole rings is 1. The molecule has 0 radical (unpaired) electrons. The first-order chi connectivity index (χ1) is 13.2. The average Bonchev–Trinajstić information content (AvgIpc) is 2.94. The van der Waals surface area contributed by atoms with Gasteiger partial charge in [0.2, 0.25) is 0 Å². The zero-order valence-corrected chi connectivity index (χ0v) is 21.4. The maximum atomic E-state index is 12.4. The molecule has 0 saturated heterocycles. The summed E-state index contributed by atoms with van der Waals surface area (Å²) in [6.07, 6.45) is -0.459. The van der Waals surface area contributed by atoms with Crippen LogP contribution in [0.25, 0.3) is 0 Å². The number of hydrogen-bond acceptors (Lipinski definition) is 1. The van der Waals surface area contributed by atoms with Crippen LogP contribution in [0.1, 0.15) is 16.7 Å². The van der Waals surface area contributed by atoms with Gasteiger partial charge in [0.05, 0.1) is 0 Å². The molecule has 0 atom stereocenters. The molecule has 1 heterocycles. The summed E-state index contributed by atoms with van der Waals surface area (Å²) in [6, 6.07) is 15.7. The van der Waals surface area contributed by atoms with Gasteiger partial charge < -0.3 is 0 Å². The van der Waals surface area contributed by atoms with E-state index in [1.165, 1.54) is 17.7 Å². The SMILES string of the molecule is Cn1ccn(Cc2ccc(C(F)(F)F)cc2)[c]1=[Pt].IN(I)Cc1ccccc1. The minimum Gasteiger partial charge on any atom is -0.184 e. The van der Waals surface area contributed by atoms with Crippen LogP contribution in [0.4, 0.5) is 13.2 Å². The number of nitrogens with zero attached hydrogens (tertiary/aromatic N) is 3. The van der Waals surface area contributed by atoms with Gasteiger partial charge in [-0.1, -0.05) is 30.3 Å². The van der Waals surface area contributed by atoms with E-state index in [0.29, 0.717) is 6.54 Å². The molecule has 0 fully saturated rings. The van der Waals surface area contributed by atoms with E-state index < -0.39 is 11.7 Å². The first-order valence-corrected chi connectivity index (χ1v) is 11.2. The Morgan fingerprint density at radius 3 is 2.00 bits per heavy atom. The molecule has 0 amide bonds. The number of hydrogen-bond donors (Lipinski definition) is 0. The van der Waals surface area contributed by atoms with E-state index in [1.807, 2.05) is 34.6 Å². The number of aryl methyl sites for hydroxylation is 1. The second-order valence-corrected chi connectivity index (χ2v) is 11.1. The Morgan fingerprint density at radius 2 is 1.54 bits per heavy atom. The summed E-state index contributed by atoms with van der Waals surface area (Å²) in [6.45, 7) is 1.57. The number of aromatic nitrogens is 2. The van der Waals surface area contributed by atoms with Gasteiger partial charge in [-0.3, -0.25) is 0 Å². The molecule has 28 heavy (non-hydrogen) atoms. The summed E-state index contributed by atoms with van der Waals surface area (Å²) in [4.78, 5) is 0. The van der Waals surface area contributed by atoms with Crippen molar-refractivity contribution in [3.8, 4) is 0 Å². The van der Waals surface area contributed by atoms with Crippen molar-refractivity contribution in [2.75, 3.05) is 0 Å². The fraction of sp³-hybridized carbons (Fsp3) is 0.211. The van der Waals surface area contributed by atoms with Crippen LogP contribution in [0, 0.1) is 3.80 Å². The van der Waals surface area contributed by atoms with Crippen LogP contribution in [0.5, 0.6) is 0 Å². The molecule has 3 aromatic rings. The van der Waals surface area contributed by atoms with Gasteiger partial charge in [-0.05, 0) is 5.56 Å². The van der Waals surface area contributed by atoms with Gasteiger partial charge in [0.1, 0.15) is 0 Å². The van der Waals surface area contributed by atoms with Crippen LogP contribution in [-0.2, 0) is 45.7 Å². The Hall–Kier alpha value is -0.452. The predicted octanol–water partition coefficient (Wildman–Crippen LogP) is 6.16. The summed E-state index contributed by atoms with van der Waals surface area (Å²) in [5, 5.41) is 0. The molecule has 0 bridgehead atoms. The number of halogens is 5. The summed E-state index contributed by atoms with van der Waals surface area (Å²) in [7, 11) is 1.92. The largest absolute Gasteiger partial charge is 0.184 e. The quantitative estimate of drug-likeness (QED) is 0.228. The van der Waals surface area contributed by atoms with Crippen molar-refractivity contribution in [3.63, 3.8) is 0 Å². The molecular weight excluding hydrogens is 776 g/mol. The third-order valence-corrected chi connectivity index (χ3v) is 5.87. The molecule has 0 spiro atoms. The number of alkyl halides is 3. The van der Waals surface area contributed by atoms with E-state index >= 15 is 0 Å². The van der Waals surface area contributed by atoms with Crippen molar-refractivity contribution in [1.29, 1.82) is 0 Å². The maximum absolute atomic E-state index is 12.4. The smallest absolute Gasteiger partial charge is 0.0435 e. The van der Waals surface area contributed by atoms with Crippen LogP contribution in [0.15, 0.2) is 67.0 Å². The Morgan fingerprint density at radius 1 is 0.929 bits per heavy atom. The standard InChI is InChI=1S/C12H11F3N2.C7H7I2N.Pt/c1-16-6-7-17(9-16)8-10-2-4-11(5-3-10)12(13,14)15;8-10(9)6-7-4-2-1-3-5-7;/h2-7H,8H2,1H3;1-5H,6H2;. The van der Waals surface area contributed by atoms with Crippen molar-refractivity contribution in [1.82, 2.24) is 10.5 Å². The molecular formula is C19H18F3I2N3Pt. The second-order valence-electron chi connectivity index (χ2n) is 5.92. The third-order valence-electron chi connectivity index (χ3n) is 3.74. The summed E-state index contributed by atoms with van der Waals surface area (Å²) in [5.74, 6) is 0. The van der Waals surface area contributed by atoms with Crippen LogP contribution in [0.2, 0.25) is 0 Å². The first kappa shape index (κ1) is 23.8. The molecule has 1 aromatic heterocycles. The Bertz CT molecular complexity index is 920. The topological polar surface area (TPSA) is 13.1 Å².